The van der Waals surface area contributed by atoms with Gasteiger partial charge in [-0.1, -0.05) is 12.1 Å². The number of nitrogens with two attached hydrogens (primary N) is 1. The molecule has 0 saturated heterocycles. The van der Waals surface area contributed by atoms with Crippen molar-refractivity contribution >= 4 is 21.6 Å². The van der Waals surface area contributed by atoms with Crippen molar-refractivity contribution in [2.45, 2.75) is 38.1 Å². The van der Waals surface area contributed by atoms with Crippen LogP contribution in [0.2, 0.25) is 0 Å². The van der Waals surface area contributed by atoms with Crippen LogP contribution in [0.4, 0.5) is 0 Å². The minimum atomic E-state index is 0.351. The van der Waals surface area contributed by atoms with Crippen molar-refractivity contribution in [2.24, 2.45) is 17.6 Å². The molecule has 18 heavy (non-hydrogen) atoms. The Labute approximate surface area is 111 Å². The SMILES string of the molecule is Cc1cccc2sc(C3C4CCC(C4)C3N)nc12. The van der Waals surface area contributed by atoms with Gasteiger partial charge in [-0.2, -0.15) is 0 Å². The molecule has 4 atom stereocenters. The Morgan fingerprint density at radius 2 is 2.11 bits per heavy atom. The fraction of sp³-hybridized carbons (Fsp3) is 0.533. The molecule has 94 valence electrons. The molecule has 4 unspecified atom stereocenters. The van der Waals surface area contributed by atoms with E-state index in [1.807, 2.05) is 11.3 Å². The molecule has 0 aliphatic heterocycles. The summed E-state index contributed by atoms with van der Waals surface area (Å²) >= 11 is 1.86. The van der Waals surface area contributed by atoms with Crippen LogP contribution in [0.25, 0.3) is 10.2 Å². The van der Waals surface area contributed by atoms with Gasteiger partial charge in [0.25, 0.3) is 0 Å². The predicted molar refractivity (Wildman–Crippen MR) is 75.9 cm³/mol. The van der Waals surface area contributed by atoms with E-state index in [1.165, 1.54) is 40.1 Å². The van der Waals surface area contributed by atoms with Crippen LogP contribution in [0.1, 0.15) is 35.8 Å². The number of aryl methyl sites for hydroxylation is 1. The standard InChI is InChI=1S/C15H18N2S/c1-8-3-2-4-11-14(8)17-15(18-11)12-9-5-6-10(7-9)13(12)16/h2-4,9-10,12-13H,5-7,16H2,1H3. The molecule has 1 aromatic carbocycles. The predicted octanol–water partition coefficient (Wildman–Crippen LogP) is 3.45. The van der Waals surface area contributed by atoms with E-state index < -0.39 is 0 Å². The number of benzene rings is 1. The summed E-state index contributed by atoms with van der Waals surface area (Å²) in [5.41, 5.74) is 8.89. The molecular formula is C15H18N2S. The lowest BCUT2D eigenvalue weighted by Gasteiger charge is -2.26. The summed E-state index contributed by atoms with van der Waals surface area (Å²) in [5, 5.41) is 1.29. The van der Waals surface area contributed by atoms with Gasteiger partial charge in [0.2, 0.25) is 0 Å². The average Bonchev–Trinajstić information content (AvgIpc) is 3.01. The van der Waals surface area contributed by atoms with Crippen molar-refractivity contribution in [3.63, 3.8) is 0 Å². The van der Waals surface area contributed by atoms with Gasteiger partial charge in [-0.3, -0.25) is 0 Å². The molecule has 0 amide bonds. The van der Waals surface area contributed by atoms with Gasteiger partial charge in [0.15, 0.2) is 0 Å². The maximum absolute atomic E-state index is 6.42. The fourth-order valence-corrected chi connectivity index (χ4v) is 5.25. The third-order valence-corrected chi connectivity index (χ3v) is 6.02. The van der Waals surface area contributed by atoms with Crippen LogP contribution in [0.3, 0.4) is 0 Å². The first-order valence-electron chi connectivity index (χ1n) is 6.85. The molecule has 2 N–H and O–H groups in total. The number of rotatable bonds is 1. The van der Waals surface area contributed by atoms with E-state index in [2.05, 4.69) is 25.1 Å². The number of thiazole rings is 1. The average molecular weight is 258 g/mol. The number of hydrogen-bond acceptors (Lipinski definition) is 3. The highest BCUT2D eigenvalue weighted by Gasteiger charge is 2.47. The lowest BCUT2D eigenvalue weighted by molar-refractivity contribution is 0.365. The maximum Gasteiger partial charge on any atom is 0.0987 e. The normalized spacial score (nSPS) is 34.6. The zero-order valence-corrected chi connectivity index (χ0v) is 11.4. The van der Waals surface area contributed by atoms with E-state index in [9.17, 15) is 0 Å². The number of aromatic nitrogens is 1. The molecule has 2 nitrogen and oxygen atoms in total. The Morgan fingerprint density at radius 1 is 1.28 bits per heavy atom. The highest BCUT2D eigenvalue weighted by Crippen LogP contribution is 2.53. The summed E-state index contributed by atoms with van der Waals surface area (Å²) < 4.78 is 1.32. The fourth-order valence-electron chi connectivity index (χ4n) is 3.95. The minimum absolute atomic E-state index is 0.351. The first-order chi connectivity index (χ1) is 8.74. The molecule has 2 fully saturated rings. The van der Waals surface area contributed by atoms with Crippen molar-refractivity contribution in [2.75, 3.05) is 0 Å². The first kappa shape index (κ1) is 10.9. The summed E-state index contributed by atoms with van der Waals surface area (Å²) in [7, 11) is 0. The Balaban J connectivity index is 1.81. The molecule has 2 saturated carbocycles. The zero-order chi connectivity index (χ0) is 12.3. The van der Waals surface area contributed by atoms with Gasteiger partial charge in [0.05, 0.1) is 15.2 Å². The number of fused-ring (bicyclic) bond motifs is 3. The molecule has 3 heteroatoms. The Morgan fingerprint density at radius 3 is 2.83 bits per heavy atom. The summed E-state index contributed by atoms with van der Waals surface area (Å²) in [4.78, 5) is 4.90. The van der Waals surface area contributed by atoms with Crippen LogP contribution in [0.15, 0.2) is 18.2 Å². The van der Waals surface area contributed by atoms with E-state index in [1.54, 1.807) is 0 Å². The number of hydrogen-bond donors (Lipinski definition) is 1. The molecule has 0 radical (unpaired) electrons. The number of para-hydroxylation sites is 1. The summed E-state index contributed by atoms with van der Waals surface area (Å²) in [6.07, 6.45) is 4.03. The lowest BCUT2D eigenvalue weighted by Crippen LogP contribution is -2.33. The second-order valence-electron chi connectivity index (χ2n) is 5.91. The van der Waals surface area contributed by atoms with Crippen molar-refractivity contribution in [3.05, 3.63) is 28.8 Å². The van der Waals surface area contributed by atoms with Crippen LogP contribution in [0.5, 0.6) is 0 Å². The first-order valence-corrected chi connectivity index (χ1v) is 7.67. The second kappa shape index (κ2) is 3.78. The van der Waals surface area contributed by atoms with Gasteiger partial charge < -0.3 is 5.73 Å². The van der Waals surface area contributed by atoms with Crippen molar-refractivity contribution in [1.29, 1.82) is 0 Å². The van der Waals surface area contributed by atoms with Gasteiger partial charge >= 0.3 is 0 Å². The van der Waals surface area contributed by atoms with Gasteiger partial charge in [-0.15, -0.1) is 11.3 Å². The summed E-state index contributed by atoms with van der Waals surface area (Å²) in [5.74, 6) is 2.08. The summed E-state index contributed by atoms with van der Waals surface area (Å²) in [6, 6.07) is 6.81. The molecule has 2 bridgehead atoms. The molecule has 1 aromatic heterocycles. The van der Waals surface area contributed by atoms with E-state index in [4.69, 9.17) is 10.7 Å². The largest absolute Gasteiger partial charge is 0.327 e. The van der Waals surface area contributed by atoms with E-state index in [0.717, 1.165) is 11.8 Å². The minimum Gasteiger partial charge on any atom is -0.327 e. The van der Waals surface area contributed by atoms with Crippen LogP contribution in [0, 0.1) is 18.8 Å². The topological polar surface area (TPSA) is 38.9 Å². The van der Waals surface area contributed by atoms with Gasteiger partial charge in [0, 0.05) is 12.0 Å². The quantitative estimate of drug-likeness (QED) is 0.851. The van der Waals surface area contributed by atoms with E-state index in [-0.39, 0.29) is 0 Å². The highest BCUT2D eigenvalue weighted by molar-refractivity contribution is 7.18. The maximum atomic E-state index is 6.42. The Bertz CT molecular complexity index is 602. The van der Waals surface area contributed by atoms with Gasteiger partial charge in [-0.25, -0.2) is 4.98 Å². The Hall–Kier alpha value is -0.930. The molecule has 2 aliphatic rings. The summed E-state index contributed by atoms with van der Waals surface area (Å²) in [6.45, 7) is 2.15. The van der Waals surface area contributed by atoms with Crippen molar-refractivity contribution < 1.29 is 0 Å². The molecule has 2 aromatic rings. The van der Waals surface area contributed by atoms with E-state index >= 15 is 0 Å². The molecular weight excluding hydrogens is 240 g/mol. The highest BCUT2D eigenvalue weighted by atomic mass is 32.1. The second-order valence-corrected chi connectivity index (χ2v) is 6.97. The smallest absolute Gasteiger partial charge is 0.0987 e. The van der Waals surface area contributed by atoms with Crippen LogP contribution >= 0.6 is 11.3 Å². The van der Waals surface area contributed by atoms with Gasteiger partial charge in [-0.05, 0) is 49.7 Å². The third-order valence-electron chi connectivity index (χ3n) is 4.90. The van der Waals surface area contributed by atoms with Crippen LogP contribution < -0.4 is 5.73 Å². The molecule has 2 aliphatic carbocycles. The van der Waals surface area contributed by atoms with Crippen molar-refractivity contribution in [3.8, 4) is 0 Å². The molecule has 1 heterocycles. The monoisotopic (exact) mass is 258 g/mol. The lowest BCUT2D eigenvalue weighted by atomic mass is 9.85. The Kier molecular flexibility index (Phi) is 2.30. The number of nitrogens with zero attached hydrogens (tertiary/aromatic N) is 1. The van der Waals surface area contributed by atoms with Crippen molar-refractivity contribution in [1.82, 2.24) is 4.98 Å². The van der Waals surface area contributed by atoms with Crippen LogP contribution in [-0.2, 0) is 0 Å². The van der Waals surface area contributed by atoms with Crippen LogP contribution in [-0.4, -0.2) is 11.0 Å². The van der Waals surface area contributed by atoms with E-state index in [0.29, 0.717) is 12.0 Å². The van der Waals surface area contributed by atoms with Gasteiger partial charge in [0.1, 0.15) is 0 Å². The molecule has 4 rings (SSSR count). The zero-order valence-electron chi connectivity index (χ0n) is 10.6. The third kappa shape index (κ3) is 1.41. The molecule has 0 spiro atoms.